The third-order valence-electron chi connectivity index (χ3n) is 5.08. The highest BCUT2D eigenvalue weighted by molar-refractivity contribution is 5.92. The summed E-state index contributed by atoms with van der Waals surface area (Å²) in [5.74, 6) is 0.850. The number of hydrogen-bond acceptors (Lipinski definition) is 3. The predicted molar refractivity (Wildman–Crippen MR) is 119 cm³/mol. The van der Waals surface area contributed by atoms with Crippen LogP contribution in [0.15, 0.2) is 66.4 Å². The van der Waals surface area contributed by atoms with Gasteiger partial charge in [0.25, 0.3) is 0 Å². The van der Waals surface area contributed by atoms with Crippen molar-refractivity contribution in [2.45, 2.75) is 39.2 Å². The van der Waals surface area contributed by atoms with Crippen LogP contribution in [0.25, 0.3) is 6.08 Å². The fourth-order valence-electron chi connectivity index (χ4n) is 3.45. The molecule has 0 spiro atoms. The molecule has 30 heavy (non-hydrogen) atoms. The molecule has 0 radical (unpaired) electrons. The fourth-order valence-corrected chi connectivity index (χ4v) is 3.45. The lowest BCUT2D eigenvalue weighted by Crippen LogP contribution is -2.10. The molecule has 0 bridgehead atoms. The summed E-state index contributed by atoms with van der Waals surface area (Å²) in [6, 6.07) is 17.5. The molecular formula is C25H28N2O3. The average molecular weight is 405 g/mol. The molecule has 1 heterocycles. The minimum Gasteiger partial charge on any atom is -0.496 e. The minimum atomic E-state index is -0.918. The van der Waals surface area contributed by atoms with E-state index in [2.05, 4.69) is 16.5 Å². The quantitative estimate of drug-likeness (QED) is 0.483. The molecule has 0 unspecified atom stereocenters. The number of aryl methyl sites for hydroxylation is 1. The van der Waals surface area contributed by atoms with Crippen molar-refractivity contribution in [1.29, 1.82) is 0 Å². The summed E-state index contributed by atoms with van der Waals surface area (Å²) in [5.41, 5.74) is 3.13. The second-order valence-electron chi connectivity index (χ2n) is 7.24. The Morgan fingerprint density at radius 1 is 1.13 bits per heavy atom. The van der Waals surface area contributed by atoms with Gasteiger partial charge in [0, 0.05) is 24.0 Å². The van der Waals surface area contributed by atoms with Gasteiger partial charge in [-0.2, -0.15) is 0 Å². The van der Waals surface area contributed by atoms with Gasteiger partial charge in [0.15, 0.2) is 0 Å². The summed E-state index contributed by atoms with van der Waals surface area (Å²) in [5, 5.41) is 9.79. The topological polar surface area (TPSA) is 64.3 Å². The van der Waals surface area contributed by atoms with Gasteiger partial charge in [0.05, 0.1) is 25.5 Å². The number of benzene rings is 2. The molecule has 0 saturated heterocycles. The molecule has 0 aliphatic heterocycles. The van der Waals surface area contributed by atoms with Crippen LogP contribution in [0.2, 0.25) is 0 Å². The second kappa shape index (κ2) is 10.4. The molecule has 0 aliphatic rings. The first-order valence-electron chi connectivity index (χ1n) is 10.3. The first kappa shape index (κ1) is 21.4. The number of aromatic nitrogens is 2. The third-order valence-corrected chi connectivity index (χ3v) is 5.08. The number of aliphatic carboxylic acids is 1. The number of carboxylic acids is 1. The van der Waals surface area contributed by atoms with Gasteiger partial charge in [-0.05, 0) is 24.1 Å². The van der Waals surface area contributed by atoms with Crippen LogP contribution in [-0.4, -0.2) is 27.7 Å². The monoisotopic (exact) mass is 404 g/mol. The van der Waals surface area contributed by atoms with Crippen LogP contribution in [-0.2, 0) is 24.2 Å². The molecule has 0 atom stereocenters. The van der Waals surface area contributed by atoms with Crippen LogP contribution >= 0.6 is 0 Å². The highest BCUT2D eigenvalue weighted by Crippen LogP contribution is 2.22. The zero-order valence-corrected chi connectivity index (χ0v) is 17.5. The molecule has 1 aromatic heterocycles. The Labute approximate surface area is 177 Å². The summed E-state index contributed by atoms with van der Waals surface area (Å²) < 4.78 is 7.61. The van der Waals surface area contributed by atoms with Gasteiger partial charge in [-0.3, -0.25) is 0 Å². The van der Waals surface area contributed by atoms with E-state index in [0.29, 0.717) is 18.5 Å². The Morgan fingerprint density at radius 2 is 1.87 bits per heavy atom. The van der Waals surface area contributed by atoms with E-state index in [1.54, 1.807) is 19.4 Å². The van der Waals surface area contributed by atoms with Crippen molar-refractivity contribution in [2.24, 2.45) is 0 Å². The molecule has 0 amide bonds. The number of nitrogens with zero attached hydrogens (tertiary/aromatic N) is 2. The summed E-state index contributed by atoms with van der Waals surface area (Å²) in [6.45, 7) is 2.73. The number of ether oxygens (including phenoxy) is 1. The third kappa shape index (κ3) is 5.38. The van der Waals surface area contributed by atoms with E-state index in [-0.39, 0.29) is 0 Å². The SMILES string of the molecule is CCCCc1ncc(/C=C(\Cc2ccccc2)C(=O)O)n1Cc1ccccc1OC. The van der Waals surface area contributed by atoms with Crippen LogP contribution in [0.3, 0.4) is 0 Å². The zero-order chi connectivity index (χ0) is 21.3. The number of imidazole rings is 1. The van der Waals surface area contributed by atoms with E-state index in [1.165, 1.54) is 0 Å². The number of methoxy groups -OCH3 is 1. The van der Waals surface area contributed by atoms with Crippen LogP contribution in [0, 0.1) is 0 Å². The van der Waals surface area contributed by atoms with Gasteiger partial charge in [0.2, 0.25) is 0 Å². The number of rotatable bonds is 10. The first-order valence-corrected chi connectivity index (χ1v) is 10.3. The van der Waals surface area contributed by atoms with Crippen molar-refractivity contribution in [3.63, 3.8) is 0 Å². The smallest absolute Gasteiger partial charge is 0.331 e. The second-order valence-corrected chi connectivity index (χ2v) is 7.24. The molecular weight excluding hydrogens is 376 g/mol. The molecule has 5 heteroatoms. The molecule has 1 N–H and O–H groups in total. The molecule has 0 saturated carbocycles. The van der Waals surface area contributed by atoms with E-state index in [0.717, 1.165) is 47.7 Å². The van der Waals surface area contributed by atoms with E-state index < -0.39 is 5.97 Å². The number of unbranched alkanes of at least 4 members (excludes halogenated alkanes) is 1. The highest BCUT2D eigenvalue weighted by atomic mass is 16.5. The molecule has 0 aliphatic carbocycles. The lowest BCUT2D eigenvalue weighted by Gasteiger charge is -2.14. The summed E-state index contributed by atoms with van der Waals surface area (Å²) >= 11 is 0. The van der Waals surface area contributed by atoms with Crippen LogP contribution in [0.4, 0.5) is 0 Å². The summed E-state index contributed by atoms with van der Waals surface area (Å²) in [7, 11) is 1.66. The maximum absolute atomic E-state index is 11.9. The van der Waals surface area contributed by atoms with Gasteiger partial charge >= 0.3 is 5.97 Å². The van der Waals surface area contributed by atoms with E-state index in [9.17, 15) is 9.90 Å². The average Bonchev–Trinajstić information content (AvgIpc) is 3.14. The zero-order valence-electron chi connectivity index (χ0n) is 17.5. The van der Waals surface area contributed by atoms with Crippen molar-refractivity contribution in [3.8, 4) is 5.75 Å². The molecule has 3 rings (SSSR count). The van der Waals surface area contributed by atoms with Crippen LogP contribution < -0.4 is 4.74 Å². The Morgan fingerprint density at radius 3 is 2.57 bits per heavy atom. The predicted octanol–water partition coefficient (Wildman–Crippen LogP) is 4.99. The lowest BCUT2D eigenvalue weighted by molar-refractivity contribution is -0.132. The number of para-hydroxylation sites is 1. The number of hydrogen-bond donors (Lipinski definition) is 1. The van der Waals surface area contributed by atoms with Crippen LogP contribution in [0.1, 0.15) is 42.4 Å². The van der Waals surface area contributed by atoms with Gasteiger partial charge in [-0.25, -0.2) is 9.78 Å². The fraction of sp³-hybridized carbons (Fsp3) is 0.280. The Bertz CT molecular complexity index is 1010. The molecule has 2 aromatic carbocycles. The molecule has 5 nitrogen and oxygen atoms in total. The minimum absolute atomic E-state index is 0.337. The standard InChI is InChI=1S/C25H28N2O3/c1-3-4-14-24-26-17-22(27(24)18-20-12-8-9-13-23(20)30-2)16-21(25(28)29)15-19-10-6-5-7-11-19/h5-13,16-17H,3-4,14-15,18H2,1-2H3,(H,28,29)/b21-16+. The van der Waals surface area contributed by atoms with E-state index >= 15 is 0 Å². The lowest BCUT2D eigenvalue weighted by atomic mass is 10.0. The summed E-state index contributed by atoms with van der Waals surface area (Å²) in [6.07, 6.45) is 6.82. The van der Waals surface area contributed by atoms with E-state index in [1.807, 2.05) is 54.6 Å². The summed E-state index contributed by atoms with van der Waals surface area (Å²) in [4.78, 5) is 16.5. The largest absolute Gasteiger partial charge is 0.496 e. The Balaban J connectivity index is 1.99. The van der Waals surface area contributed by atoms with Gasteiger partial charge in [0.1, 0.15) is 11.6 Å². The number of carboxylic acid groups (broad SMARTS) is 1. The molecule has 156 valence electrons. The maximum Gasteiger partial charge on any atom is 0.331 e. The van der Waals surface area contributed by atoms with Gasteiger partial charge < -0.3 is 14.4 Å². The Hall–Kier alpha value is -3.34. The van der Waals surface area contributed by atoms with Crippen molar-refractivity contribution in [3.05, 3.63) is 89.0 Å². The molecule has 3 aromatic rings. The van der Waals surface area contributed by atoms with Crippen LogP contribution in [0.5, 0.6) is 5.75 Å². The molecule has 0 fully saturated rings. The van der Waals surface area contributed by atoms with Crippen molar-refractivity contribution >= 4 is 12.0 Å². The van der Waals surface area contributed by atoms with Gasteiger partial charge in [-0.1, -0.05) is 61.9 Å². The van der Waals surface area contributed by atoms with Crippen molar-refractivity contribution in [1.82, 2.24) is 9.55 Å². The van der Waals surface area contributed by atoms with E-state index in [4.69, 9.17) is 4.74 Å². The normalized spacial score (nSPS) is 11.5. The Kier molecular flexibility index (Phi) is 7.44. The highest BCUT2D eigenvalue weighted by Gasteiger charge is 2.15. The van der Waals surface area contributed by atoms with Crippen molar-refractivity contribution in [2.75, 3.05) is 7.11 Å². The maximum atomic E-state index is 11.9. The first-order chi connectivity index (χ1) is 14.6. The van der Waals surface area contributed by atoms with Gasteiger partial charge in [-0.15, -0.1) is 0 Å². The number of carbonyl (C=O) groups is 1. The van der Waals surface area contributed by atoms with Crippen molar-refractivity contribution < 1.29 is 14.6 Å².